The number of aromatic nitrogens is 1. The number of halogens is 3. The van der Waals surface area contributed by atoms with E-state index in [1.54, 1.807) is 18.2 Å². The molecule has 4 rings (SSSR count). The molecule has 1 amide bonds. The number of amides is 1. The predicted octanol–water partition coefficient (Wildman–Crippen LogP) is 5.84. The van der Waals surface area contributed by atoms with Gasteiger partial charge in [0.1, 0.15) is 17.2 Å². The summed E-state index contributed by atoms with van der Waals surface area (Å²) < 4.78 is 47.8. The van der Waals surface area contributed by atoms with Crippen molar-refractivity contribution >= 4 is 16.8 Å². The van der Waals surface area contributed by atoms with Crippen LogP contribution in [0.4, 0.5) is 13.2 Å². The van der Waals surface area contributed by atoms with E-state index in [1.807, 2.05) is 30.0 Å². The van der Waals surface area contributed by atoms with Gasteiger partial charge >= 0.3 is 6.61 Å². The lowest BCUT2D eigenvalue weighted by Crippen LogP contribution is -2.40. The molecule has 6 nitrogen and oxygen atoms in total. The molecule has 9 heteroatoms. The van der Waals surface area contributed by atoms with Gasteiger partial charge in [-0.25, -0.2) is 4.39 Å². The number of alkyl halides is 3. The van der Waals surface area contributed by atoms with E-state index in [-0.39, 0.29) is 11.7 Å². The SMILES string of the molecule is CCN(CC1CCN(Cc2cccc(OC(C)F)c2)CC1)C(=O)c1cc2cc(OC(F)F)ccc2[nH]1. The summed E-state index contributed by atoms with van der Waals surface area (Å²) in [6.07, 6.45) is 0.604. The first kappa shape index (κ1) is 25.9. The van der Waals surface area contributed by atoms with E-state index in [0.29, 0.717) is 41.4 Å². The summed E-state index contributed by atoms with van der Waals surface area (Å²) in [6.45, 7) is 4.27. The van der Waals surface area contributed by atoms with Crippen molar-refractivity contribution in [3.63, 3.8) is 0 Å². The Bertz CT molecular complexity index is 1160. The van der Waals surface area contributed by atoms with Crippen molar-refractivity contribution in [2.45, 2.75) is 46.2 Å². The number of carbonyl (C=O) groups excluding carboxylic acids is 1. The lowest BCUT2D eigenvalue weighted by atomic mass is 9.95. The summed E-state index contributed by atoms with van der Waals surface area (Å²) in [5.41, 5.74) is 2.21. The molecule has 1 fully saturated rings. The fourth-order valence-electron chi connectivity index (χ4n) is 4.73. The molecule has 0 saturated carbocycles. The predicted molar refractivity (Wildman–Crippen MR) is 132 cm³/mol. The smallest absolute Gasteiger partial charge is 0.387 e. The van der Waals surface area contributed by atoms with Gasteiger partial charge in [0.05, 0.1) is 0 Å². The molecule has 3 aromatic rings. The molecular weight excluding hydrogens is 471 g/mol. The van der Waals surface area contributed by atoms with Crippen LogP contribution in [0.25, 0.3) is 10.9 Å². The fraction of sp³-hybridized carbons (Fsp3) is 0.444. The molecule has 2 heterocycles. The molecule has 1 aliphatic heterocycles. The molecule has 2 aromatic carbocycles. The zero-order valence-electron chi connectivity index (χ0n) is 20.6. The molecule has 1 aromatic heterocycles. The maximum Gasteiger partial charge on any atom is 0.387 e. The monoisotopic (exact) mass is 503 g/mol. The first-order valence-corrected chi connectivity index (χ1v) is 12.3. The molecule has 0 spiro atoms. The van der Waals surface area contributed by atoms with E-state index in [9.17, 15) is 18.0 Å². The molecule has 1 N–H and O–H groups in total. The third-order valence-electron chi connectivity index (χ3n) is 6.51. The highest BCUT2D eigenvalue weighted by molar-refractivity contribution is 5.98. The number of likely N-dealkylation sites (tertiary alicyclic amines) is 1. The lowest BCUT2D eigenvalue weighted by molar-refractivity contribution is -0.0497. The molecule has 0 aliphatic carbocycles. The largest absolute Gasteiger partial charge is 0.461 e. The second kappa shape index (κ2) is 11.7. The van der Waals surface area contributed by atoms with Crippen LogP contribution >= 0.6 is 0 Å². The highest BCUT2D eigenvalue weighted by Gasteiger charge is 2.25. The number of hydrogen-bond donors (Lipinski definition) is 1. The Morgan fingerprint density at radius 1 is 1.08 bits per heavy atom. The molecule has 0 radical (unpaired) electrons. The first-order valence-electron chi connectivity index (χ1n) is 12.3. The van der Waals surface area contributed by atoms with Gasteiger partial charge in [0.2, 0.25) is 6.36 Å². The van der Waals surface area contributed by atoms with Gasteiger partial charge in [-0.05, 0) is 80.7 Å². The number of piperidine rings is 1. The molecule has 1 aliphatic rings. The minimum absolute atomic E-state index is 0.0610. The number of nitrogens with one attached hydrogen (secondary N) is 1. The van der Waals surface area contributed by atoms with Crippen molar-refractivity contribution in [1.29, 1.82) is 0 Å². The average molecular weight is 504 g/mol. The van der Waals surface area contributed by atoms with Crippen LogP contribution < -0.4 is 9.47 Å². The van der Waals surface area contributed by atoms with Crippen LogP contribution in [0.2, 0.25) is 0 Å². The summed E-state index contributed by atoms with van der Waals surface area (Å²) in [6, 6.07) is 13.8. The van der Waals surface area contributed by atoms with Crippen molar-refractivity contribution in [3.05, 3.63) is 59.8 Å². The topological polar surface area (TPSA) is 57.8 Å². The Labute approximate surface area is 209 Å². The van der Waals surface area contributed by atoms with E-state index in [2.05, 4.69) is 14.6 Å². The van der Waals surface area contributed by atoms with Crippen LogP contribution in [-0.2, 0) is 6.54 Å². The second-order valence-electron chi connectivity index (χ2n) is 9.18. The number of H-pyrrole nitrogens is 1. The number of fused-ring (bicyclic) bond motifs is 1. The Kier molecular flexibility index (Phi) is 8.40. The number of ether oxygens (including phenoxy) is 2. The van der Waals surface area contributed by atoms with Gasteiger partial charge in [-0.2, -0.15) is 8.78 Å². The van der Waals surface area contributed by atoms with Gasteiger partial charge in [0, 0.05) is 37.5 Å². The van der Waals surface area contributed by atoms with Crippen LogP contribution in [0, 0.1) is 5.92 Å². The molecule has 1 unspecified atom stereocenters. The Balaban J connectivity index is 1.32. The molecule has 1 atom stereocenters. The van der Waals surface area contributed by atoms with E-state index in [0.717, 1.165) is 38.0 Å². The third kappa shape index (κ3) is 6.72. The van der Waals surface area contributed by atoms with Crippen LogP contribution in [0.15, 0.2) is 48.5 Å². The Morgan fingerprint density at radius 2 is 1.83 bits per heavy atom. The van der Waals surface area contributed by atoms with Crippen molar-refractivity contribution in [2.24, 2.45) is 5.92 Å². The summed E-state index contributed by atoms with van der Waals surface area (Å²) in [5, 5.41) is 0.649. The minimum Gasteiger partial charge on any atom is -0.461 e. The fourth-order valence-corrected chi connectivity index (χ4v) is 4.73. The quantitative estimate of drug-likeness (QED) is 0.378. The zero-order valence-corrected chi connectivity index (χ0v) is 20.6. The number of rotatable bonds is 10. The number of carbonyl (C=O) groups is 1. The normalized spacial score (nSPS) is 15.8. The van der Waals surface area contributed by atoms with Crippen molar-refractivity contribution in [2.75, 3.05) is 26.2 Å². The van der Waals surface area contributed by atoms with Gasteiger partial charge in [-0.1, -0.05) is 12.1 Å². The van der Waals surface area contributed by atoms with E-state index in [4.69, 9.17) is 4.74 Å². The molecular formula is C27H32F3N3O3. The minimum atomic E-state index is -2.89. The summed E-state index contributed by atoms with van der Waals surface area (Å²) in [7, 11) is 0. The second-order valence-corrected chi connectivity index (χ2v) is 9.18. The molecule has 1 saturated heterocycles. The highest BCUT2D eigenvalue weighted by atomic mass is 19.3. The van der Waals surface area contributed by atoms with E-state index < -0.39 is 13.0 Å². The van der Waals surface area contributed by atoms with Gasteiger partial charge in [-0.3, -0.25) is 9.69 Å². The van der Waals surface area contributed by atoms with Gasteiger partial charge < -0.3 is 19.4 Å². The van der Waals surface area contributed by atoms with Gasteiger partial charge in [0.25, 0.3) is 5.91 Å². The van der Waals surface area contributed by atoms with Crippen molar-refractivity contribution < 1.29 is 27.4 Å². The number of nitrogens with zero attached hydrogens (tertiary/aromatic N) is 2. The van der Waals surface area contributed by atoms with E-state index >= 15 is 0 Å². The Morgan fingerprint density at radius 3 is 2.53 bits per heavy atom. The standard InChI is InChI=1S/C27H32F3N3O3/c1-3-33(26(34)25-15-21-14-23(36-27(29)30)7-8-24(21)31-25)17-19-9-11-32(12-10-19)16-20-5-4-6-22(13-20)35-18(2)28/h4-8,13-15,18-19,27,31H,3,9-12,16-17H2,1-2H3. The van der Waals surface area contributed by atoms with E-state index in [1.165, 1.54) is 19.1 Å². The molecule has 194 valence electrons. The molecule has 36 heavy (non-hydrogen) atoms. The summed E-state index contributed by atoms with van der Waals surface area (Å²) in [5.74, 6) is 0.879. The zero-order chi connectivity index (χ0) is 25.7. The maximum absolute atomic E-state index is 13.2. The number of benzene rings is 2. The number of hydrogen-bond acceptors (Lipinski definition) is 4. The van der Waals surface area contributed by atoms with Gasteiger partial charge in [-0.15, -0.1) is 0 Å². The van der Waals surface area contributed by atoms with Crippen LogP contribution in [0.5, 0.6) is 11.5 Å². The van der Waals surface area contributed by atoms with Crippen LogP contribution in [-0.4, -0.2) is 59.8 Å². The van der Waals surface area contributed by atoms with Crippen LogP contribution in [0.1, 0.15) is 42.7 Å². The highest BCUT2D eigenvalue weighted by Crippen LogP contribution is 2.25. The Hall–Kier alpha value is -3.20. The average Bonchev–Trinajstić information content (AvgIpc) is 3.26. The van der Waals surface area contributed by atoms with Crippen molar-refractivity contribution in [1.82, 2.24) is 14.8 Å². The number of aromatic amines is 1. The molecule has 0 bridgehead atoms. The maximum atomic E-state index is 13.2. The lowest BCUT2D eigenvalue weighted by Gasteiger charge is -2.34. The third-order valence-corrected chi connectivity index (χ3v) is 6.51. The summed E-state index contributed by atoms with van der Waals surface area (Å²) >= 11 is 0. The van der Waals surface area contributed by atoms with Crippen molar-refractivity contribution in [3.8, 4) is 11.5 Å². The van der Waals surface area contributed by atoms with Gasteiger partial charge in [0.15, 0.2) is 0 Å². The van der Waals surface area contributed by atoms with Crippen LogP contribution in [0.3, 0.4) is 0 Å². The first-order chi connectivity index (χ1) is 17.3. The summed E-state index contributed by atoms with van der Waals surface area (Å²) in [4.78, 5) is 20.5.